The monoisotopic (exact) mass is 265 g/mol. The summed E-state index contributed by atoms with van der Waals surface area (Å²) in [6, 6.07) is 10.4. The highest BCUT2D eigenvalue weighted by Gasteiger charge is 2.04. The van der Waals surface area contributed by atoms with Crippen LogP contribution in [0.3, 0.4) is 0 Å². The zero-order chi connectivity index (χ0) is 13.9. The molecule has 0 aliphatic carbocycles. The Bertz CT molecular complexity index is 354. The van der Waals surface area contributed by atoms with Crippen LogP contribution in [0, 0.1) is 0 Å². The second-order valence-corrected chi connectivity index (χ2v) is 4.37. The minimum atomic E-state index is -0.305. The third-order valence-corrected chi connectivity index (χ3v) is 2.77. The van der Waals surface area contributed by atoms with E-state index in [4.69, 9.17) is 9.47 Å². The van der Waals surface area contributed by atoms with Gasteiger partial charge in [0.15, 0.2) is 0 Å². The van der Waals surface area contributed by atoms with Gasteiger partial charge in [-0.25, -0.2) is 4.79 Å². The maximum atomic E-state index is 11.0. The Morgan fingerprint density at radius 1 is 1.32 bits per heavy atom. The zero-order valence-electron chi connectivity index (χ0n) is 11.7. The Balaban J connectivity index is 2.03. The number of hydrogen-bond donors (Lipinski definition) is 1. The number of hydrogen-bond acceptors (Lipinski definition) is 4. The summed E-state index contributed by atoms with van der Waals surface area (Å²) >= 11 is 0. The third-order valence-electron chi connectivity index (χ3n) is 2.77. The summed E-state index contributed by atoms with van der Waals surface area (Å²) in [5.41, 5.74) is 1.32. The van der Waals surface area contributed by atoms with Crippen LogP contribution < -0.4 is 5.32 Å². The van der Waals surface area contributed by atoms with Gasteiger partial charge < -0.3 is 14.8 Å². The average molecular weight is 265 g/mol. The van der Waals surface area contributed by atoms with Gasteiger partial charge in [-0.2, -0.15) is 0 Å². The number of benzene rings is 1. The first-order valence-corrected chi connectivity index (χ1v) is 6.73. The van der Waals surface area contributed by atoms with Crippen molar-refractivity contribution in [3.05, 3.63) is 35.9 Å². The van der Waals surface area contributed by atoms with E-state index in [1.54, 1.807) is 6.92 Å². The summed E-state index contributed by atoms with van der Waals surface area (Å²) in [7, 11) is 0. The van der Waals surface area contributed by atoms with Crippen LogP contribution in [0.15, 0.2) is 30.3 Å². The second kappa shape index (κ2) is 9.53. The molecule has 0 bridgehead atoms. The topological polar surface area (TPSA) is 47.6 Å². The number of esters is 1. The first-order valence-electron chi connectivity index (χ1n) is 6.73. The van der Waals surface area contributed by atoms with Gasteiger partial charge in [-0.05, 0) is 18.4 Å². The van der Waals surface area contributed by atoms with Crippen molar-refractivity contribution in [1.82, 2.24) is 5.32 Å². The molecule has 106 valence electrons. The summed E-state index contributed by atoms with van der Waals surface area (Å²) in [6.07, 6.45) is 0. The molecule has 1 atom stereocenters. The summed E-state index contributed by atoms with van der Waals surface area (Å²) < 4.78 is 9.96. The third kappa shape index (κ3) is 6.94. The van der Waals surface area contributed by atoms with Crippen LogP contribution in [-0.2, 0) is 14.3 Å². The van der Waals surface area contributed by atoms with Crippen LogP contribution in [0.2, 0.25) is 0 Å². The molecular weight excluding hydrogens is 242 g/mol. The molecule has 0 fully saturated rings. The van der Waals surface area contributed by atoms with E-state index in [-0.39, 0.29) is 12.6 Å². The fourth-order valence-corrected chi connectivity index (χ4v) is 1.72. The quantitative estimate of drug-likeness (QED) is 0.548. The normalized spacial score (nSPS) is 12.1. The van der Waals surface area contributed by atoms with Gasteiger partial charge in [0.2, 0.25) is 0 Å². The van der Waals surface area contributed by atoms with Gasteiger partial charge in [0.05, 0.1) is 13.2 Å². The van der Waals surface area contributed by atoms with Crippen molar-refractivity contribution in [2.24, 2.45) is 0 Å². The van der Waals surface area contributed by atoms with Crippen molar-refractivity contribution in [2.75, 3.05) is 32.9 Å². The maximum Gasteiger partial charge on any atom is 0.332 e. The lowest BCUT2D eigenvalue weighted by Gasteiger charge is -2.13. The fraction of sp³-hybridized carbons (Fsp3) is 0.533. The number of carbonyl (C=O) groups excluding carboxylic acids is 1. The molecule has 4 nitrogen and oxygen atoms in total. The molecule has 0 radical (unpaired) electrons. The molecular formula is C15H23NO3. The van der Waals surface area contributed by atoms with Gasteiger partial charge in [0.25, 0.3) is 0 Å². The van der Waals surface area contributed by atoms with Crippen molar-refractivity contribution in [3.63, 3.8) is 0 Å². The Morgan fingerprint density at radius 2 is 2.05 bits per heavy atom. The van der Waals surface area contributed by atoms with Gasteiger partial charge in [0.1, 0.15) is 6.61 Å². The predicted molar refractivity (Wildman–Crippen MR) is 75.2 cm³/mol. The molecule has 1 unspecified atom stereocenters. The fourth-order valence-electron chi connectivity index (χ4n) is 1.72. The van der Waals surface area contributed by atoms with Crippen LogP contribution in [-0.4, -0.2) is 38.9 Å². The van der Waals surface area contributed by atoms with Crippen LogP contribution >= 0.6 is 0 Å². The molecule has 4 heteroatoms. The van der Waals surface area contributed by atoms with E-state index in [9.17, 15) is 4.79 Å². The van der Waals surface area contributed by atoms with E-state index in [1.807, 2.05) is 18.2 Å². The molecule has 0 aliphatic heterocycles. The van der Waals surface area contributed by atoms with Crippen LogP contribution in [0.1, 0.15) is 25.3 Å². The highest BCUT2D eigenvalue weighted by Crippen LogP contribution is 2.12. The Labute approximate surface area is 115 Å². The van der Waals surface area contributed by atoms with Gasteiger partial charge >= 0.3 is 5.97 Å². The molecule has 0 spiro atoms. The summed E-state index contributed by atoms with van der Waals surface area (Å²) in [5.74, 6) is 0.159. The zero-order valence-corrected chi connectivity index (χ0v) is 11.7. The summed E-state index contributed by atoms with van der Waals surface area (Å²) in [5, 5.41) is 3.31. The Hall–Kier alpha value is -1.39. The molecule has 19 heavy (non-hydrogen) atoms. The number of ether oxygens (including phenoxy) is 2. The van der Waals surface area contributed by atoms with Crippen molar-refractivity contribution in [2.45, 2.75) is 19.8 Å². The summed E-state index contributed by atoms with van der Waals surface area (Å²) in [4.78, 5) is 11.0. The lowest BCUT2D eigenvalue weighted by Crippen LogP contribution is -2.25. The number of carbonyl (C=O) groups is 1. The largest absolute Gasteiger partial charge is 0.464 e. The van der Waals surface area contributed by atoms with Crippen molar-refractivity contribution >= 4 is 5.97 Å². The van der Waals surface area contributed by atoms with Crippen LogP contribution in [0.4, 0.5) is 0 Å². The van der Waals surface area contributed by atoms with E-state index in [0.717, 1.165) is 13.1 Å². The van der Waals surface area contributed by atoms with Crippen LogP contribution in [0.25, 0.3) is 0 Å². The van der Waals surface area contributed by atoms with E-state index >= 15 is 0 Å². The highest BCUT2D eigenvalue weighted by molar-refractivity contribution is 5.70. The molecule has 0 saturated carbocycles. The summed E-state index contributed by atoms with van der Waals surface area (Å²) in [6.45, 7) is 6.54. The number of rotatable bonds is 9. The van der Waals surface area contributed by atoms with Gasteiger partial charge in [0, 0.05) is 13.1 Å². The smallest absolute Gasteiger partial charge is 0.332 e. The van der Waals surface area contributed by atoms with E-state index < -0.39 is 0 Å². The predicted octanol–water partition coefficient (Wildman–Crippen LogP) is 1.96. The van der Waals surface area contributed by atoms with Crippen LogP contribution in [0.5, 0.6) is 0 Å². The van der Waals surface area contributed by atoms with E-state index in [1.165, 1.54) is 5.56 Å². The highest BCUT2D eigenvalue weighted by atomic mass is 16.6. The minimum Gasteiger partial charge on any atom is -0.464 e. The molecule has 0 aliphatic rings. The van der Waals surface area contributed by atoms with E-state index in [2.05, 4.69) is 24.4 Å². The second-order valence-electron chi connectivity index (χ2n) is 4.37. The molecule has 0 aromatic heterocycles. The Kier molecular flexibility index (Phi) is 7.86. The molecule has 0 saturated heterocycles. The van der Waals surface area contributed by atoms with Gasteiger partial charge in [-0.15, -0.1) is 0 Å². The molecule has 1 rings (SSSR count). The first kappa shape index (κ1) is 15.7. The van der Waals surface area contributed by atoms with Gasteiger partial charge in [-0.1, -0.05) is 37.3 Å². The van der Waals surface area contributed by atoms with Crippen molar-refractivity contribution in [1.29, 1.82) is 0 Å². The Morgan fingerprint density at radius 3 is 2.74 bits per heavy atom. The molecule has 1 aromatic carbocycles. The van der Waals surface area contributed by atoms with Crippen molar-refractivity contribution < 1.29 is 14.3 Å². The lowest BCUT2D eigenvalue weighted by atomic mass is 10.0. The lowest BCUT2D eigenvalue weighted by molar-refractivity contribution is -0.148. The molecule has 0 heterocycles. The standard InChI is InChI=1S/C15H23NO3/c1-3-19-15(17)12-18-10-9-16-11-13(2)14-7-5-4-6-8-14/h4-8,13,16H,3,9-12H2,1-2H3. The molecule has 0 amide bonds. The molecule has 1 N–H and O–H groups in total. The minimum absolute atomic E-state index is 0.0315. The number of nitrogens with one attached hydrogen (secondary N) is 1. The SMILES string of the molecule is CCOC(=O)COCCNCC(C)c1ccccc1. The molecule has 1 aromatic rings. The maximum absolute atomic E-state index is 11.0. The van der Waals surface area contributed by atoms with E-state index in [0.29, 0.717) is 19.1 Å². The first-order chi connectivity index (χ1) is 9.24. The average Bonchev–Trinajstić information content (AvgIpc) is 2.43. The van der Waals surface area contributed by atoms with Crippen molar-refractivity contribution in [3.8, 4) is 0 Å². The van der Waals surface area contributed by atoms with Gasteiger partial charge in [-0.3, -0.25) is 0 Å².